The molecule has 162 valence electrons. The lowest BCUT2D eigenvalue weighted by Crippen LogP contribution is -2.27. The van der Waals surface area contributed by atoms with Gasteiger partial charge in [0.05, 0.1) is 0 Å². The molecular weight excluding hydrogens is 412 g/mol. The molecule has 5 rings (SSSR count). The molecule has 0 amide bonds. The van der Waals surface area contributed by atoms with Crippen molar-refractivity contribution in [2.24, 2.45) is 0 Å². The van der Waals surface area contributed by atoms with Gasteiger partial charge in [0.25, 0.3) is 5.56 Å². The fraction of sp³-hybridized carbons (Fsp3) is 0.208. The van der Waals surface area contributed by atoms with Gasteiger partial charge in [0.15, 0.2) is 5.82 Å². The van der Waals surface area contributed by atoms with Crippen LogP contribution in [0, 0.1) is 18.7 Å². The van der Waals surface area contributed by atoms with Crippen LogP contribution in [0.15, 0.2) is 41.3 Å². The number of pyridine rings is 1. The molecule has 0 fully saturated rings. The highest BCUT2D eigenvalue weighted by Crippen LogP contribution is 2.33. The third-order valence-electron chi connectivity index (χ3n) is 6.03. The molecule has 0 unspecified atom stereocenters. The summed E-state index contributed by atoms with van der Waals surface area (Å²) in [7, 11) is 2.05. The number of benzene rings is 2. The Morgan fingerprint density at radius 2 is 1.88 bits per heavy atom. The predicted octanol–water partition coefficient (Wildman–Crippen LogP) is 3.81. The third kappa shape index (κ3) is 3.33. The third-order valence-corrected chi connectivity index (χ3v) is 6.03. The summed E-state index contributed by atoms with van der Waals surface area (Å²) in [6.45, 7) is 3.77. The SMILES string of the molecule is Cc1cc(-c2nc(-c3ccc4c(=O)[nH]cc(F)c4c3)c(N)nc2F)cc2c1CCN(C)C2. The monoisotopic (exact) mass is 433 g/mol. The Morgan fingerprint density at radius 3 is 2.69 bits per heavy atom. The Morgan fingerprint density at radius 1 is 1.06 bits per heavy atom. The molecule has 0 radical (unpaired) electrons. The number of anilines is 1. The van der Waals surface area contributed by atoms with Crippen molar-refractivity contribution >= 4 is 16.6 Å². The number of fused-ring (bicyclic) bond motifs is 2. The predicted molar refractivity (Wildman–Crippen MR) is 120 cm³/mol. The zero-order valence-corrected chi connectivity index (χ0v) is 17.7. The molecule has 3 N–H and O–H groups in total. The van der Waals surface area contributed by atoms with Crippen LogP contribution in [-0.2, 0) is 13.0 Å². The number of likely N-dealkylation sites (N-methyl/N-ethyl adjacent to an activating group) is 1. The lowest BCUT2D eigenvalue weighted by atomic mass is 9.92. The number of nitrogen functional groups attached to an aromatic ring is 1. The molecule has 6 nitrogen and oxygen atoms in total. The number of aromatic amines is 1. The van der Waals surface area contributed by atoms with Crippen molar-refractivity contribution in [2.75, 3.05) is 19.3 Å². The summed E-state index contributed by atoms with van der Waals surface area (Å²) in [5, 5.41) is 0.336. The van der Waals surface area contributed by atoms with E-state index in [0.717, 1.165) is 36.8 Å². The molecule has 0 saturated carbocycles. The summed E-state index contributed by atoms with van der Waals surface area (Å²) in [6.07, 6.45) is 1.95. The van der Waals surface area contributed by atoms with E-state index in [9.17, 15) is 13.6 Å². The molecule has 4 aromatic rings. The van der Waals surface area contributed by atoms with Gasteiger partial charge in [0.1, 0.15) is 17.2 Å². The normalized spacial score (nSPS) is 14.0. The Labute approximate surface area is 182 Å². The number of H-pyrrole nitrogens is 1. The molecule has 1 aliphatic rings. The summed E-state index contributed by atoms with van der Waals surface area (Å²) in [6, 6.07) is 8.44. The van der Waals surface area contributed by atoms with E-state index in [-0.39, 0.29) is 28.0 Å². The second-order valence-electron chi connectivity index (χ2n) is 8.24. The fourth-order valence-electron chi connectivity index (χ4n) is 4.39. The average molecular weight is 433 g/mol. The molecule has 0 saturated heterocycles. The second-order valence-corrected chi connectivity index (χ2v) is 8.24. The number of nitrogens with one attached hydrogen (secondary N) is 1. The van der Waals surface area contributed by atoms with Crippen molar-refractivity contribution < 1.29 is 8.78 Å². The van der Waals surface area contributed by atoms with Gasteiger partial charge in [-0.1, -0.05) is 6.07 Å². The van der Waals surface area contributed by atoms with Crippen LogP contribution >= 0.6 is 0 Å². The fourth-order valence-corrected chi connectivity index (χ4v) is 4.39. The Bertz CT molecular complexity index is 1450. The van der Waals surface area contributed by atoms with Gasteiger partial charge >= 0.3 is 0 Å². The summed E-state index contributed by atoms with van der Waals surface area (Å²) in [5.41, 5.74) is 10.5. The molecule has 0 atom stereocenters. The van der Waals surface area contributed by atoms with E-state index in [1.807, 2.05) is 19.1 Å². The molecule has 0 aliphatic carbocycles. The maximum atomic E-state index is 14.9. The van der Waals surface area contributed by atoms with E-state index in [1.54, 1.807) is 6.07 Å². The number of nitrogens with two attached hydrogens (primary N) is 1. The maximum absolute atomic E-state index is 14.9. The molecule has 0 bridgehead atoms. The van der Waals surface area contributed by atoms with Crippen LogP contribution in [0.25, 0.3) is 33.3 Å². The van der Waals surface area contributed by atoms with Crippen molar-refractivity contribution in [3.63, 3.8) is 0 Å². The molecule has 8 heteroatoms. The zero-order valence-electron chi connectivity index (χ0n) is 17.7. The van der Waals surface area contributed by atoms with Crippen LogP contribution in [0.2, 0.25) is 0 Å². The highest BCUT2D eigenvalue weighted by Gasteiger charge is 2.20. The van der Waals surface area contributed by atoms with Gasteiger partial charge in [-0.15, -0.1) is 0 Å². The summed E-state index contributed by atoms with van der Waals surface area (Å²) in [4.78, 5) is 24.9. The van der Waals surface area contributed by atoms with Crippen LogP contribution < -0.4 is 11.3 Å². The lowest BCUT2D eigenvalue weighted by molar-refractivity contribution is 0.312. The quantitative estimate of drug-likeness (QED) is 0.502. The Balaban J connectivity index is 1.67. The van der Waals surface area contributed by atoms with Crippen LogP contribution in [0.4, 0.5) is 14.6 Å². The van der Waals surface area contributed by atoms with Crippen LogP contribution in [-0.4, -0.2) is 33.4 Å². The summed E-state index contributed by atoms with van der Waals surface area (Å²) in [5.74, 6) is -1.45. The van der Waals surface area contributed by atoms with Crippen molar-refractivity contribution in [2.45, 2.75) is 19.9 Å². The maximum Gasteiger partial charge on any atom is 0.256 e. The second kappa shape index (κ2) is 7.49. The highest BCUT2D eigenvalue weighted by molar-refractivity contribution is 5.88. The van der Waals surface area contributed by atoms with Gasteiger partial charge in [-0.3, -0.25) is 4.79 Å². The van der Waals surface area contributed by atoms with Crippen molar-refractivity contribution in [1.82, 2.24) is 19.9 Å². The number of hydrogen-bond donors (Lipinski definition) is 2. The first kappa shape index (κ1) is 20.3. The Kier molecular flexibility index (Phi) is 4.74. The number of nitrogens with zero attached hydrogens (tertiary/aromatic N) is 3. The minimum Gasteiger partial charge on any atom is -0.382 e. The molecule has 3 heterocycles. The first-order valence-electron chi connectivity index (χ1n) is 10.3. The molecule has 32 heavy (non-hydrogen) atoms. The van der Waals surface area contributed by atoms with Crippen LogP contribution in [0.1, 0.15) is 16.7 Å². The van der Waals surface area contributed by atoms with Crippen LogP contribution in [0.5, 0.6) is 0 Å². The van der Waals surface area contributed by atoms with Gasteiger partial charge in [0.2, 0.25) is 5.95 Å². The summed E-state index contributed by atoms with van der Waals surface area (Å²) < 4.78 is 29.2. The first-order valence-corrected chi connectivity index (χ1v) is 10.3. The molecular formula is C24H21F2N5O. The topological polar surface area (TPSA) is 87.9 Å². The van der Waals surface area contributed by atoms with Gasteiger partial charge in [-0.2, -0.15) is 9.37 Å². The molecule has 2 aromatic heterocycles. The molecule has 1 aliphatic heterocycles. The number of rotatable bonds is 2. The lowest BCUT2D eigenvalue weighted by Gasteiger charge is -2.27. The van der Waals surface area contributed by atoms with Crippen molar-refractivity contribution in [1.29, 1.82) is 0 Å². The van der Waals surface area contributed by atoms with E-state index in [4.69, 9.17) is 5.73 Å². The minimum absolute atomic E-state index is 0.0832. The summed E-state index contributed by atoms with van der Waals surface area (Å²) >= 11 is 0. The first-order chi connectivity index (χ1) is 15.3. The van der Waals surface area contributed by atoms with E-state index >= 15 is 0 Å². The van der Waals surface area contributed by atoms with Gasteiger partial charge < -0.3 is 15.6 Å². The highest BCUT2D eigenvalue weighted by atomic mass is 19.1. The van der Waals surface area contributed by atoms with E-state index in [1.165, 1.54) is 17.7 Å². The van der Waals surface area contributed by atoms with Crippen molar-refractivity contribution in [3.8, 4) is 22.5 Å². The van der Waals surface area contributed by atoms with Crippen molar-refractivity contribution in [3.05, 3.63) is 75.3 Å². The Hall–Kier alpha value is -3.65. The molecule has 0 spiro atoms. The van der Waals surface area contributed by atoms with E-state index < -0.39 is 17.3 Å². The number of aryl methyl sites for hydroxylation is 1. The average Bonchev–Trinajstić information content (AvgIpc) is 2.76. The van der Waals surface area contributed by atoms with E-state index in [2.05, 4.69) is 26.9 Å². The zero-order chi connectivity index (χ0) is 22.6. The smallest absolute Gasteiger partial charge is 0.256 e. The minimum atomic E-state index is -0.766. The standard InChI is InChI=1S/C24H21F2N5O/c1-12-7-14(8-15-11-31(2)6-5-16(12)15)20-22(26)30-23(27)21(29-20)13-3-4-17-18(9-13)19(25)10-28-24(17)32/h3-4,7-10H,5-6,11H2,1-2H3,(H2,27,30)(H,28,32). The van der Waals surface area contributed by atoms with E-state index in [0.29, 0.717) is 11.1 Å². The largest absolute Gasteiger partial charge is 0.382 e. The number of hydrogen-bond acceptors (Lipinski definition) is 5. The van der Waals surface area contributed by atoms with Gasteiger partial charge in [-0.05, 0) is 61.3 Å². The van der Waals surface area contributed by atoms with Gasteiger partial charge in [-0.25, -0.2) is 9.37 Å². The van der Waals surface area contributed by atoms with Crippen LogP contribution in [0.3, 0.4) is 0 Å². The molecule has 2 aromatic carbocycles. The number of halogens is 2. The van der Waals surface area contributed by atoms with Gasteiger partial charge in [0, 0.05) is 41.2 Å². The number of aromatic nitrogens is 3.